The van der Waals surface area contributed by atoms with Gasteiger partial charge in [0.25, 0.3) is 5.91 Å². The van der Waals surface area contributed by atoms with Gasteiger partial charge in [0.1, 0.15) is 11.5 Å². The van der Waals surface area contributed by atoms with Crippen molar-refractivity contribution in [3.05, 3.63) is 59.7 Å². The number of benzene rings is 2. The molecule has 0 aliphatic rings. The first-order chi connectivity index (χ1) is 13.2. The zero-order valence-corrected chi connectivity index (χ0v) is 17.7. The number of nitrogens with one attached hydrogen (secondary N) is 1. The number of ether oxygens (including phenoxy) is 2. The molecule has 0 aliphatic heterocycles. The average molecular weight is 384 g/mol. The van der Waals surface area contributed by atoms with E-state index in [0.717, 1.165) is 18.6 Å². The molecule has 2 aromatic rings. The molecule has 2 rings (SSSR count). The fourth-order valence-electron chi connectivity index (χ4n) is 2.78. The van der Waals surface area contributed by atoms with Gasteiger partial charge >= 0.3 is 0 Å². The first-order valence-electron chi connectivity index (χ1n) is 9.99. The molecule has 1 amide bonds. The average Bonchev–Trinajstić information content (AvgIpc) is 2.64. The van der Waals surface area contributed by atoms with Gasteiger partial charge in [-0.05, 0) is 67.5 Å². The maximum atomic E-state index is 11.9. The Balaban J connectivity index is 1.65. The van der Waals surface area contributed by atoms with Crippen LogP contribution in [0.25, 0.3) is 0 Å². The number of carbonyl (C=O) groups excluding carboxylic acids is 1. The summed E-state index contributed by atoms with van der Waals surface area (Å²) in [6, 6.07) is 16.1. The molecule has 28 heavy (non-hydrogen) atoms. The molecule has 0 radical (unpaired) electrons. The molecular formula is C24H33NO3. The van der Waals surface area contributed by atoms with Crippen LogP contribution in [0.5, 0.6) is 11.5 Å². The monoisotopic (exact) mass is 383 g/mol. The molecule has 2 aromatic carbocycles. The van der Waals surface area contributed by atoms with E-state index in [1.807, 2.05) is 50.2 Å². The Hall–Kier alpha value is -2.49. The zero-order valence-electron chi connectivity index (χ0n) is 17.7. The highest BCUT2D eigenvalue weighted by Crippen LogP contribution is 2.24. The van der Waals surface area contributed by atoms with Crippen molar-refractivity contribution in [2.24, 2.45) is 0 Å². The molecular weight excluding hydrogens is 350 g/mol. The molecule has 0 spiro atoms. The minimum atomic E-state index is -0.0967. The second-order valence-corrected chi connectivity index (χ2v) is 8.33. The second-order valence-electron chi connectivity index (χ2n) is 8.33. The van der Waals surface area contributed by atoms with Gasteiger partial charge in [-0.15, -0.1) is 0 Å². The SMILES string of the molecule is CC(C)Oc1ccc(CCCNC(=O)COc2ccc(C(C)(C)C)cc2)cc1. The molecule has 4 heteroatoms. The minimum Gasteiger partial charge on any atom is -0.491 e. The summed E-state index contributed by atoms with van der Waals surface area (Å²) in [4.78, 5) is 11.9. The zero-order chi connectivity index (χ0) is 20.6. The smallest absolute Gasteiger partial charge is 0.257 e. The Bertz CT molecular complexity index is 728. The second kappa shape index (κ2) is 10.2. The van der Waals surface area contributed by atoms with Crippen LogP contribution >= 0.6 is 0 Å². The van der Waals surface area contributed by atoms with Gasteiger partial charge in [-0.25, -0.2) is 0 Å². The lowest BCUT2D eigenvalue weighted by molar-refractivity contribution is -0.123. The molecule has 0 fully saturated rings. The van der Waals surface area contributed by atoms with E-state index >= 15 is 0 Å². The number of hydrogen-bond acceptors (Lipinski definition) is 3. The van der Waals surface area contributed by atoms with Crippen LogP contribution in [0.3, 0.4) is 0 Å². The third-order valence-corrected chi connectivity index (χ3v) is 4.35. The Morgan fingerprint density at radius 2 is 1.57 bits per heavy atom. The quantitative estimate of drug-likeness (QED) is 0.627. The van der Waals surface area contributed by atoms with Crippen LogP contribution < -0.4 is 14.8 Å². The summed E-state index contributed by atoms with van der Waals surface area (Å²) < 4.78 is 11.2. The summed E-state index contributed by atoms with van der Waals surface area (Å²) in [5.41, 5.74) is 2.59. The highest BCUT2D eigenvalue weighted by Gasteiger charge is 2.13. The predicted octanol–water partition coefficient (Wildman–Crippen LogP) is 4.90. The fraction of sp³-hybridized carbons (Fsp3) is 0.458. The molecule has 0 saturated carbocycles. The standard InChI is InChI=1S/C24H33NO3/c1-18(2)28-22-12-8-19(9-13-22)7-6-16-25-23(26)17-27-21-14-10-20(11-15-21)24(3,4)5/h8-15,18H,6-7,16-17H2,1-5H3,(H,25,26). The molecule has 152 valence electrons. The van der Waals surface area contributed by atoms with Crippen LogP contribution in [0, 0.1) is 0 Å². The summed E-state index contributed by atoms with van der Waals surface area (Å²) in [6.07, 6.45) is 1.98. The molecule has 0 bridgehead atoms. The van der Waals surface area contributed by atoms with Crippen LogP contribution in [0.4, 0.5) is 0 Å². The summed E-state index contributed by atoms with van der Waals surface area (Å²) in [5, 5.41) is 2.91. The van der Waals surface area contributed by atoms with Crippen LogP contribution in [0.1, 0.15) is 52.2 Å². The summed E-state index contributed by atoms with van der Waals surface area (Å²) in [5.74, 6) is 1.51. The molecule has 0 aliphatic carbocycles. The van der Waals surface area contributed by atoms with E-state index in [4.69, 9.17) is 9.47 Å². The van der Waals surface area contributed by atoms with Gasteiger partial charge in [0, 0.05) is 6.54 Å². The largest absolute Gasteiger partial charge is 0.491 e. The first kappa shape index (κ1) is 21.8. The van der Waals surface area contributed by atoms with Crippen molar-refractivity contribution in [1.29, 1.82) is 0 Å². The van der Waals surface area contributed by atoms with Gasteiger partial charge in [0.05, 0.1) is 6.10 Å². The molecule has 1 N–H and O–H groups in total. The summed E-state index contributed by atoms with van der Waals surface area (Å²) in [6.45, 7) is 11.2. The van der Waals surface area contributed by atoms with Crippen LogP contribution in [-0.4, -0.2) is 25.2 Å². The van der Waals surface area contributed by atoms with Crippen molar-refractivity contribution in [2.45, 2.75) is 59.0 Å². The van der Waals surface area contributed by atoms with Gasteiger partial charge < -0.3 is 14.8 Å². The molecule has 0 saturated heterocycles. The number of carbonyl (C=O) groups is 1. The number of aryl methyl sites for hydroxylation is 1. The van der Waals surface area contributed by atoms with E-state index in [1.165, 1.54) is 11.1 Å². The normalized spacial score (nSPS) is 11.4. The molecule has 0 heterocycles. The number of rotatable bonds is 9. The summed E-state index contributed by atoms with van der Waals surface area (Å²) >= 11 is 0. The lowest BCUT2D eigenvalue weighted by Gasteiger charge is -2.19. The highest BCUT2D eigenvalue weighted by molar-refractivity contribution is 5.77. The third-order valence-electron chi connectivity index (χ3n) is 4.35. The van der Waals surface area contributed by atoms with Gasteiger partial charge in [-0.2, -0.15) is 0 Å². The van der Waals surface area contributed by atoms with Crippen LogP contribution in [0.2, 0.25) is 0 Å². The summed E-state index contributed by atoms with van der Waals surface area (Å²) in [7, 11) is 0. The molecule has 0 unspecified atom stereocenters. The van der Waals surface area contributed by atoms with E-state index in [1.54, 1.807) is 0 Å². The van der Waals surface area contributed by atoms with Crippen LogP contribution in [0.15, 0.2) is 48.5 Å². The van der Waals surface area contributed by atoms with Crippen molar-refractivity contribution in [1.82, 2.24) is 5.32 Å². The van der Waals surface area contributed by atoms with Crippen LogP contribution in [-0.2, 0) is 16.6 Å². The minimum absolute atomic E-state index is 0.0378. The van der Waals surface area contributed by atoms with Crippen molar-refractivity contribution >= 4 is 5.91 Å². The lowest BCUT2D eigenvalue weighted by Crippen LogP contribution is -2.29. The highest BCUT2D eigenvalue weighted by atomic mass is 16.5. The van der Waals surface area contributed by atoms with Crippen molar-refractivity contribution in [2.75, 3.05) is 13.2 Å². The van der Waals surface area contributed by atoms with E-state index < -0.39 is 0 Å². The Morgan fingerprint density at radius 1 is 0.964 bits per heavy atom. The Kier molecular flexibility index (Phi) is 7.91. The van der Waals surface area contributed by atoms with Gasteiger partial charge in [0.2, 0.25) is 0 Å². The van der Waals surface area contributed by atoms with Crippen molar-refractivity contribution in [3.63, 3.8) is 0 Å². The fourth-order valence-corrected chi connectivity index (χ4v) is 2.78. The molecule has 0 aromatic heterocycles. The van der Waals surface area contributed by atoms with E-state index in [-0.39, 0.29) is 24.0 Å². The Morgan fingerprint density at radius 3 is 2.14 bits per heavy atom. The predicted molar refractivity (Wildman–Crippen MR) is 114 cm³/mol. The number of hydrogen-bond donors (Lipinski definition) is 1. The Labute approximate surface area is 169 Å². The van der Waals surface area contributed by atoms with Gasteiger partial charge in [-0.3, -0.25) is 4.79 Å². The maximum Gasteiger partial charge on any atom is 0.257 e. The first-order valence-corrected chi connectivity index (χ1v) is 9.99. The van der Waals surface area contributed by atoms with E-state index in [9.17, 15) is 4.79 Å². The topological polar surface area (TPSA) is 47.6 Å². The van der Waals surface area contributed by atoms with E-state index in [2.05, 4.69) is 38.2 Å². The van der Waals surface area contributed by atoms with Crippen molar-refractivity contribution in [3.8, 4) is 11.5 Å². The van der Waals surface area contributed by atoms with E-state index in [0.29, 0.717) is 12.3 Å². The maximum absolute atomic E-state index is 11.9. The van der Waals surface area contributed by atoms with Crippen molar-refractivity contribution < 1.29 is 14.3 Å². The lowest BCUT2D eigenvalue weighted by atomic mass is 9.87. The van der Waals surface area contributed by atoms with Gasteiger partial charge in [0.15, 0.2) is 6.61 Å². The van der Waals surface area contributed by atoms with Gasteiger partial charge in [-0.1, -0.05) is 45.0 Å². The number of amides is 1. The third kappa shape index (κ3) is 7.63. The molecule has 4 nitrogen and oxygen atoms in total. The molecule has 0 atom stereocenters.